The second-order valence-corrected chi connectivity index (χ2v) is 9.93. The molecule has 0 radical (unpaired) electrons. The zero-order valence-corrected chi connectivity index (χ0v) is 17.7. The molecule has 2 unspecified atom stereocenters. The number of carbonyl (C=O) groups is 2. The molecule has 1 aromatic heterocycles. The van der Waals surface area contributed by atoms with Crippen LogP contribution in [0.1, 0.15) is 76.0 Å². The van der Waals surface area contributed by atoms with E-state index in [2.05, 4.69) is 41.6 Å². The molecule has 7 heteroatoms. The third-order valence-electron chi connectivity index (χ3n) is 7.64. The van der Waals surface area contributed by atoms with Crippen molar-refractivity contribution in [1.29, 1.82) is 0 Å². The van der Waals surface area contributed by atoms with Crippen molar-refractivity contribution in [3.63, 3.8) is 0 Å². The Morgan fingerprint density at radius 3 is 2.21 bits per heavy atom. The standard InChI is InChI=1S/C21H33N5O2/c1-6-26-24-13(4)17(25-26)19(28)23-15-9-21(10-15)7-14(8-21)22-18(27)16-11-20(16,5)12(2)3/h12,14-16H,6-11H2,1-5H3,(H,22,27)(H,23,28). The number of amides is 2. The summed E-state index contributed by atoms with van der Waals surface area (Å²) in [5, 5.41) is 14.8. The summed E-state index contributed by atoms with van der Waals surface area (Å²) < 4.78 is 0. The fourth-order valence-electron chi connectivity index (χ4n) is 5.26. The molecule has 0 saturated heterocycles. The van der Waals surface area contributed by atoms with E-state index in [0.717, 1.165) is 32.1 Å². The summed E-state index contributed by atoms with van der Waals surface area (Å²) in [5.74, 6) is 0.865. The van der Waals surface area contributed by atoms with Crippen LogP contribution in [0.5, 0.6) is 0 Å². The summed E-state index contributed by atoms with van der Waals surface area (Å²) in [7, 11) is 0. The van der Waals surface area contributed by atoms with Gasteiger partial charge >= 0.3 is 0 Å². The molecule has 7 nitrogen and oxygen atoms in total. The molecule has 0 bridgehead atoms. The zero-order valence-electron chi connectivity index (χ0n) is 17.7. The first-order valence-electron chi connectivity index (χ1n) is 10.7. The smallest absolute Gasteiger partial charge is 0.273 e. The van der Waals surface area contributed by atoms with Crippen LogP contribution in [0.2, 0.25) is 0 Å². The van der Waals surface area contributed by atoms with Gasteiger partial charge in [0.15, 0.2) is 5.69 Å². The number of hydrogen-bond donors (Lipinski definition) is 2. The Hall–Kier alpha value is -1.92. The van der Waals surface area contributed by atoms with Crippen LogP contribution < -0.4 is 10.6 Å². The second kappa shape index (κ2) is 6.56. The molecule has 1 heterocycles. The van der Waals surface area contributed by atoms with Gasteiger partial charge in [-0.2, -0.15) is 9.90 Å². The summed E-state index contributed by atoms with van der Waals surface area (Å²) in [6.45, 7) is 11.1. The van der Waals surface area contributed by atoms with Crippen molar-refractivity contribution in [2.75, 3.05) is 0 Å². The molecular weight excluding hydrogens is 354 g/mol. The number of hydrogen-bond acceptors (Lipinski definition) is 4. The van der Waals surface area contributed by atoms with E-state index in [1.165, 1.54) is 0 Å². The summed E-state index contributed by atoms with van der Waals surface area (Å²) in [6, 6.07) is 0.524. The summed E-state index contributed by atoms with van der Waals surface area (Å²) in [5.41, 5.74) is 1.61. The van der Waals surface area contributed by atoms with Gasteiger partial charge in [0, 0.05) is 18.0 Å². The highest BCUT2D eigenvalue weighted by atomic mass is 16.2. The van der Waals surface area contributed by atoms with Crippen molar-refractivity contribution < 1.29 is 9.59 Å². The van der Waals surface area contributed by atoms with Crippen molar-refractivity contribution >= 4 is 11.8 Å². The van der Waals surface area contributed by atoms with Gasteiger partial charge in [0.25, 0.3) is 5.91 Å². The van der Waals surface area contributed by atoms with Gasteiger partial charge in [-0.05, 0) is 62.7 Å². The van der Waals surface area contributed by atoms with E-state index in [-0.39, 0.29) is 29.2 Å². The Morgan fingerprint density at radius 2 is 1.71 bits per heavy atom. The summed E-state index contributed by atoms with van der Waals surface area (Å²) >= 11 is 0. The van der Waals surface area contributed by atoms with Crippen molar-refractivity contribution in [2.45, 2.75) is 85.4 Å². The Morgan fingerprint density at radius 1 is 1.11 bits per heavy atom. The minimum Gasteiger partial charge on any atom is -0.353 e. The van der Waals surface area contributed by atoms with Crippen LogP contribution in [0, 0.1) is 29.6 Å². The maximum absolute atomic E-state index is 12.5. The van der Waals surface area contributed by atoms with E-state index >= 15 is 0 Å². The topological polar surface area (TPSA) is 88.9 Å². The zero-order chi connectivity index (χ0) is 20.3. The fraction of sp³-hybridized carbons (Fsp3) is 0.810. The summed E-state index contributed by atoms with van der Waals surface area (Å²) in [4.78, 5) is 26.5. The number of rotatable bonds is 6. The minimum atomic E-state index is -0.122. The lowest BCUT2D eigenvalue weighted by molar-refractivity contribution is -0.127. The average Bonchev–Trinajstić information content (AvgIpc) is 3.13. The first kappa shape index (κ1) is 19.4. The van der Waals surface area contributed by atoms with Crippen LogP contribution in [0.4, 0.5) is 0 Å². The van der Waals surface area contributed by atoms with Gasteiger partial charge in [-0.15, -0.1) is 5.10 Å². The number of nitrogens with one attached hydrogen (secondary N) is 2. The fourth-order valence-corrected chi connectivity index (χ4v) is 5.26. The Labute approximate surface area is 167 Å². The predicted molar refractivity (Wildman–Crippen MR) is 106 cm³/mol. The van der Waals surface area contributed by atoms with Crippen molar-refractivity contribution in [3.05, 3.63) is 11.4 Å². The molecule has 2 atom stereocenters. The van der Waals surface area contributed by atoms with Gasteiger partial charge < -0.3 is 10.6 Å². The molecule has 4 rings (SSSR count). The normalized spacial score (nSPS) is 36.0. The van der Waals surface area contributed by atoms with Crippen LogP contribution >= 0.6 is 0 Å². The van der Waals surface area contributed by atoms with E-state index in [1.807, 2.05) is 13.8 Å². The van der Waals surface area contributed by atoms with E-state index in [1.54, 1.807) is 4.80 Å². The average molecular weight is 388 g/mol. The van der Waals surface area contributed by atoms with Crippen LogP contribution in [0.25, 0.3) is 0 Å². The monoisotopic (exact) mass is 387 g/mol. The Bertz CT molecular complexity index is 787. The number of nitrogens with zero attached hydrogens (tertiary/aromatic N) is 3. The van der Waals surface area contributed by atoms with Crippen molar-refractivity contribution in [3.8, 4) is 0 Å². The largest absolute Gasteiger partial charge is 0.353 e. The van der Waals surface area contributed by atoms with Crippen LogP contribution in [-0.2, 0) is 11.3 Å². The minimum absolute atomic E-state index is 0.122. The molecule has 2 amide bonds. The lowest BCUT2D eigenvalue weighted by Crippen LogP contribution is -2.61. The first-order chi connectivity index (χ1) is 13.2. The summed E-state index contributed by atoms with van der Waals surface area (Å²) in [6.07, 6.45) is 5.10. The highest BCUT2D eigenvalue weighted by Gasteiger charge is 2.58. The number of aromatic nitrogens is 3. The van der Waals surface area contributed by atoms with Gasteiger partial charge in [-0.25, -0.2) is 0 Å². The molecule has 1 spiro atoms. The molecule has 154 valence electrons. The lowest BCUT2D eigenvalue weighted by Gasteiger charge is -2.57. The Balaban J connectivity index is 1.20. The van der Waals surface area contributed by atoms with Gasteiger partial charge in [0.1, 0.15) is 0 Å². The number of aryl methyl sites for hydroxylation is 2. The van der Waals surface area contributed by atoms with E-state index in [4.69, 9.17) is 0 Å². The first-order valence-corrected chi connectivity index (χ1v) is 10.7. The van der Waals surface area contributed by atoms with Crippen LogP contribution in [0.15, 0.2) is 0 Å². The van der Waals surface area contributed by atoms with Crippen LogP contribution in [0.3, 0.4) is 0 Å². The van der Waals surface area contributed by atoms with Crippen molar-refractivity contribution in [2.24, 2.45) is 22.7 Å². The Kier molecular flexibility index (Phi) is 4.55. The molecule has 0 aliphatic heterocycles. The van der Waals surface area contributed by atoms with Crippen molar-refractivity contribution in [1.82, 2.24) is 25.6 Å². The van der Waals surface area contributed by atoms with E-state index in [9.17, 15) is 9.59 Å². The third kappa shape index (κ3) is 3.22. The molecule has 3 aliphatic rings. The molecule has 28 heavy (non-hydrogen) atoms. The van der Waals surface area contributed by atoms with Gasteiger partial charge in [-0.3, -0.25) is 9.59 Å². The molecule has 3 aliphatic carbocycles. The van der Waals surface area contributed by atoms with Gasteiger partial charge in [-0.1, -0.05) is 20.8 Å². The van der Waals surface area contributed by atoms with Gasteiger partial charge in [0.2, 0.25) is 5.91 Å². The highest BCUT2D eigenvalue weighted by molar-refractivity contribution is 5.93. The molecular formula is C21H33N5O2. The lowest BCUT2D eigenvalue weighted by atomic mass is 9.52. The van der Waals surface area contributed by atoms with Crippen LogP contribution in [-0.4, -0.2) is 38.9 Å². The predicted octanol–water partition coefficient (Wildman–Crippen LogP) is 2.45. The molecule has 1 aromatic rings. The number of carbonyl (C=O) groups excluding carboxylic acids is 2. The quantitative estimate of drug-likeness (QED) is 0.785. The van der Waals surface area contributed by atoms with E-state index in [0.29, 0.717) is 35.3 Å². The molecule has 0 aromatic carbocycles. The molecule has 3 saturated carbocycles. The third-order valence-corrected chi connectivity index (χ3v) is 7.64. The highest BCUT2D eigenvalue weighted by Crippen LogP contribution is 2.59. The van der Waals surface area contributed by atoms with Gasteiger partial charge in [0.05, 0.1) is 12.2 Å². The molecule has 3 fully saturated rings. The second-order valence-electron chi connectivity index (χ2n) is 9.93. The van der Waals surface area contributed by atoms with E-state index < -0.39 is 0 Å². The maximum atomic E-state index is 12.5. The molecule has 2 N–H and O–H groups in total. The SMILES string of the molecule is CCn1nc(C)c(C(=O)NC2CC3(C2)CC(NC(=O)C2CC2(C)C(C)C)C3)n1. The maximum Gasteiger partial charge on any atom is 0.273 e.